The predicted octanol–water partition coefficient (Wildman–Crippen LogP) is 3.58. The van der Waals surface area contributed by atoms with Gasteiger partial charge in [0.15, 0.2) is 0 Å². The molecule has 6 heteroatoms. The third kappa shape index (κ3) is 3.68. The fourth-order valence-electron chi connectivity index (χ4n) is 1.54. The number of halogens is 1. The number of anilines is 1. The first-order chi connectivity index (χ1) is 9.58. The SMILES string of the molecule is CCC(=O)Nc1ccc(Oc2ncc(Cl)cn2)c(C)c1. The Kier molecular flexibility index (Phi) is 4.53. The quantitative estimate of drug-likeness (QED) is 0.935. The number of benzene rings is 1. The second-order valence-electron chi connectivity index (χ2n) is 4.17. The number of amides is 1. The zero-order chi connectivity index (χ0) is 14.5. The van der Waals surface area contributed by atoms with E-state index in [2.05, 4.69) is 15.3 Å². The van der Waals surface area contributed by atoms with Crippen molar-refractivity contribution < 1.29 is 9.53 Å². The van der Waals surface area contributed by atoms with Gasteiger partial charge in [-0.15, -0.1) is 0 Å². The molecular formula is C14H14ClN3O2. The van der Waals surface area contributed by atoms with Crippen LogP contribution in [0.1, 0.15) is 18.9 Å². The van der Waals surface area contributed by atoms with Crippen molar-refractivity contribution in [1.29, 1.82) is 0 Å². The summed E-state index contributed by atoms with van der Waals surface area (Å²) in [5.74, 6) is 0.598. The third-order valence-electron chi connectivity index (χ3n) is 2.58. The summed E-state index contributed by atoms with van der Waals surface area (Å²) in [6.45, 7) is 3.68. The Bertz CT molecular complexity index is 614. The molecule has 0 aliphatic rings. The fourth-order valence-corrected chi connectivity index (χ4v) is 1.64. The van der Waals surface area contributed by atoms with Gasteiger partial charge in [0.05, 0.1) is 17.4 Å². The highest BCUT2D eigenvalue weighted by Crippen LogP contribution is 2.25. The first-order valence-electron chi connectivity index (χ1n) is 6.14. The molecule has 104 valence electrons. The van der Waals surface area contributed by atoms with Crippen LogP contribution in [-0.4, -0.2) is 15.9 Å². The Balaban J connectivity index is 2.13. The van der Waals surface area contributed by atoms with E-state index < -0.39 is 0 Å². The normalized spacial score (nSPS) is 10.2. The van der Waals surface area contributed by atoms with Crippen LogP contribution in [0.3, 0.4) is 0 Å². The summed E-state index contributed by atoms with van der Waals surface area (Å²) in [7, 11) is 0. The lowest BCUT2D eigenvalue weighted by Crippen LogP contribution is -2.09. The van der Waals surface area contributed by atoms with Crippen LogP contribution in [-0.2, 0) is 4.79 Å². The van der Waals surface area contributed by atoms with Crippen molar-refractivity contribution in [3.63, 3.8) is 0 Å². The van der Waals surface area contributed by atoms with Gasteiger partial charge < -0.3 is 10.1 Å². The molecule has 0 saturated heterocycles. The van der Waals surface area contributed by atoms with Gasteiger partial charge in [0.1, 0.15) is 5.75 Å². The molecular weight excluding hydrogens is 278 g/mol. The zero-order valence-corrected chi connectivity index (χ0v) is 11.9. The lowest BCUT2D eigenvalue weighted by Gasteiger charge is -2.09. The van der Waals surface area contributed by atoms with E-state index in [0.717, 1.165) is 11.3 Å². The second kappa shape index (κ2) is 6.34. The van der Waals surface area contributed by atoms with Crippen LogP contribution in [0, 0.1) is 6.92 Å². The van der Waals surface area contributed by atoms with E-state index in [9.17, 15) is 4.79 Å². The lowest BCUT2D eigenvalue weighted by atomic mass is 10.2. The van der Waals surface area contributed by atoms with Crippen LogP contribution in [0.15, 0.2) is 30.6 Å². The maximum Gasteiger partial charge on any atom is 0.321 e. The predicted molar refractivity (Wildman–Crippen MR) is 77.2 cm³/mol. The number of aromatic nitrogens is 2. The molecule has 0 bridgehead atoms. The van der Waals surface area contributed by atoms with Crippen LogP contribution in [0.25, 0.3) is 0 Å². The maximum atomic E-state index is 11.3. The summed E-state index contributed by atoms with van der Waals surface area (Å²) in [5.41, 5.74) is 1.61. The average molecular weight is 292 g/mol. The smallest absolute Gasteiger partial charge is 0.321 e. The number of nitrogens with one attached hydrogen (secondary N) is 1. The molecule has 0 spiro atoms. The standard InChI is InChI=1S/C14H14ClN3O2/c1-3-13(19)18-11-4-5-12(9(2)6-11)20-14-16-7-10(15)8-17-14/h4-8H,3H2,1-2H3,(H,18,19). The summed E-state index contributed by atoms with van der Waals surface area (Å²) in [5, 5.41) is 3.24. The van der Waals surface area contributed by atoms with Crippen molar-refractivity contribution in [3.05, 3.63) is 41.2 Å². The second-order valence-corrected chi connectivity index (χ2v) is 4.60. The molecule has 1 heterocycles. The van der Waals surface area contributed by atoms with Crippen molar-refractivity contribution in [2.24, 2.45) is 0 Å². The highest BCUT2D eigenvalue weighted by atomic mass is 35.5. The number of rotatable bonds is 4. The Morgan fingerprint density at radius 1 is 1.35 bits per heavy atom. The van der Waals surface area contributed by atoms with Gasteiger partial charge in [0, 0.05) is 12.1 Å². The number of carbonyl (C=O) groups is 1. The van der Waals surface area contributed by atoms with Gasteiger partial charge in [-0.05, 0) is 30.7 Å². The largest absolute Gasteiger partial charge is 0.424 e. The Labute approximate surface area is 122 Å². The number of carbonyl (C=O) groups excluding carboxylic acids is 1. The molecule has 20 heavy (non-hydrogen) atoms. The highest BCUT2D eigenvalue weighted by Gasteiger charge is 2.06. The summed E-state index contributed by atoms with van der Waals surface area (Å²) >= 11 is 5.71. The molecule has 1 amide bonds. The lowest BCUT2D eigenvalue weighted by molar-refractivity contribution is -0.115. The molecule has 1 aromatic heterocycles. The minimum Gasteiger partial charge on any atom is -0.424 e. The number of aryl methyl sites for hydroxylation is 1. The van der Waals surface area contributed by atoms with Gasteiger partial charge in [-0.2, -0.15) is 0 Å². The van der Waals surface area contributed by atoms with Gasteiger partial charge in [0.2, 0.25) is 5.91 Å². The van der Waals surface area contributed by atoms with Gasteiger partial charge in [-0.3, -0.25) is 4.79 Å². The summed E-state index contributed by atoms with van der Waals surface area (Å²) in [4.78, 5) is 19.3. The van der Waals surface area contributed by atoms with Crippen molar-refractivity contribution >= 4 is 23.2 Å². The van der Waals surface area contributed by atoms with Crippen molar-refractivity contribution in [1.82, 2.24) is 9.97 Å². The molecule has 2 rings (SSSR count). The molecule has 5 nitrogen and oxygen atoms in total. The zero-order valence-electron chi connectivity index (χ0n) is 11.2. The van der Waals surface area contributed by atoms with Crippen LogP contribution < -0.4 is 10.1 Å². The number of nitrogens with zero attached hydrogens (tertiary/aromatic N) is 2. The van der Waals surface area contributed by atoms with Crippen LogP contribution in [0.4, 0.5) is 5.69 Å². The minimum absolute atomic E-state index is 0.0286. The van der Waals surface area contributed by atoms with E-state index >= 15 is 0 Å². The Hall–Kier alpha value is -2.14. The summed E-state index contributed by atoms with van der Waals surface area (Å²) in [6, 6.07) is 5.59. The van der Waals surface area contributed by atoms with Crippen molar-refractivity contribution in [2.45, 2.75) is 20.3 Å². The van der Waals surface area contributed by atoms with Gasteiger partial charge in [-0.25, -0.2) is 9.97 Å². The molecule has 0 atom stereocenters. The van der Waals surface area contributed by atoms with Crippen molar-refractivity contribution in [2.75, 3.05) is 5.32 Å². The summed E-state index contributed by atoms with van der Waals surface area (Å²) in [6.07, 6.45) is 3.38. The highest BCUT2D eigenvalue weighted by molar-refractivity contribution is 6.30. The van der Waals surface area contributed by atoms with Gasteiger partial charge >= 0.3 is 6.01 Å². The molecule has 0 unspecified atom stereocenters. The van der Waals surface area contributed by atoms with Crippen LogP contribution in [0.5, 0.6) is 11.8 Å². The number of ether oxygens (including phenoxy) is 1. The van der Waals surface area contributed by atoms with E-state index in [-0.39, 0.29) is 11.9 Å². The molecule has 1 N–H and O–H groups in total. The Morgan fingerprint density at radius 3 is 2.65 bits per heavy atom. The molecule has 1 aromatic carbocycles. The third-order valence-corrected chi connectivity index (χ3v) is 2.77. The van der Waals surface area contributed by atoms with Crippen LogP contribution in [0.2, 0.25) is 5.02 Å². The monoisotopic (exact) mass is 291 g/mol. The fraction of sp³-hybridized carbons (Fsp3) is 0.214. The number of hydrogen-bond acceptors (Lipinski definition) is 4. The van der Waals surface area contributed by atoms with Crippen LogP contribution >= 0.6 is 11.6 Å². The average Bonchev–Trinajstić information content (AvgIpc) is 2.44. The van der Waals surface area contributed by atoms with Crippen molar-refractivity contribution in [3.8, 4) is 11.8 Å². The molecule has 0 aliphatic heterocycles. The first kappa shape index (κ1) is 14.3. The topological polar surface area (TPSA) is 64.1 Å². The van der Waals surface area contributed by atoms with E-state index in [1.54, 1.807) is 19.1 Å². The molecule has 2 aromatic rings. The molecule has 0 saturated carbocycles. The molecule has 0 radical (unpaired) electrons. The molecule has 0 fully saturated rings. The minimum atomic E-state index is -0.0286. The van der Waals surface area contributed by atoms with E-state index in [1.807, 2.05) is 13.0 Å². The Morgan fingerprint density at radius 2 is 2.05 bits per heavy atom. The number of hydrogen-bond donors (Lipinski definition) is 1. The van der Waals surface area contributed by atoms with Gasteiger partial charge in [-0.1, -0.05) is 18.5 Å². The summed E-state index contributed by atoms with van der Waals surface area (Å²) < 4.78 is 5.56. The van der Waals surface area contributed by atoms with E-state index in [4.69, 9.17) is 16.3 Å². The van der Waals surface area contributed by atoms with E-state index in [1.165, 1.54) is 12.4 Å². The van der Waals surface area contributed by atoms with E-state index in [0.29, 0.717) is 17.2 Å². The first-order valence-corrected chi connectivity index (χ1v) is 6.52. The van der Waals surface area contributed by atoms with Gasteiger partial charge in [0.25, 0.3) is 0 Å². The maximum absolute atomic E-state index is 11.3. The molecule has 0 aliphatic carbocycles.